The highest BCUT2D eigenvalue weighted by Gasteiger charge is 2.52. The molecule has 0 bridgehead atoms. The van der Waals surface area contributed by atoms with E-state index in [9.17, 15) is 24.0 Å². The van der Waals surface area contributed by atoms with Crippen LogP contribution in [-0.4, -0.2) is 80.2 Å². The van der Waals surface area contributed by atoms with Gasteiger partial charge in [0.1, 0.15) is 18.8 Å². The molecule has 1 aliphatic rings. The lowest BCUT2D eigenvalue weighted by Gasteiger charge is -2.45. The van der Waals surface area contributed by atoms with E-state index in [1.54, 1.807) is 12.1 Å². The Bertz CT molecular complexity index is 935. The summed E-state index contributed by atoms with van der Waals surface area (Å²) in [6, 6.07) is 8.08. The summed E-state index contributed by atoms with van der Waals surface area (Å²) in [7, 11) is 1.22. The minimum absolute atomic E-state index is 0.181. The zero-order valence-electron chi connectivity index (χ0n) is 20.8. The van der Waals surface area contributed by atoms with Crippen molar-refractivity contribution < 1.29 is 52.4 Å². The second kappa shape index (κ2) is 13.5. The van der Waals surface area contributed by atoms with Crippen LogP contribution in [-0.2, 0) is 58.8 Å². The number of ether oxygens (including phenoxy) is 6. The zero-order valence-corrected chi connectivity index (χ0v) is 20.8. The fourth-order valence-corrected chi connectivity index (χ4v) is 3.76. The maximum absolute atomic E-state index is 12.6. The van der Waals surface area contributed by atoms with Crippen molar-refractivity contribution in [2.24, 2.45) is 0 Å². The van der Waals surface area contributed by atoms with Crippen LogP contribution in [0.25, 0.3) is 0 Å². The number of hydrogen-bond donors (Lipinski definition) is 1. The number of carbonyl (C=O) groups excluding carboxylic acids is 5. The van der Waals surface area contributed by atoms with Crippen LogP contribution < -0.4 is 5.32 Å². The molecule has 2 rings (SSSR count). The van der Waals surface area contributed by atoms with Gasteiger partial charge in [0.2, 0.25) is 0 Å². The molecule has 0 aromatic heterocycles. The summed E-state index contributed by atoms with van der Waals surface area (Å²) in [5, 5.41) is 2.96. The van der Waals surface area contributed by atoms with E-state index < -0.39 is 66.5 Å². The van der Waals surface area contributed by atoms with Crippen molar-refractivity contribution in [3.05, 3.63) is 35.9 Å². The van der Waals surface area contributed by atoms with Crippen molar-refractivity contribution in [1.82, 2.24) is 5.32 Å². The first kappa shape index (κ1) is 28.7. The van der Waals surface area contributed by atoms with Gasteiger partial charge in [0.15, 0.2) is 24.5 Å². The van der Waals surface area contributed by atoms with E-state index in [1.807, 2.05) is 18.2 Å². The van der Waals surface area contributed by atoms with Gasteiger partial charge >= 0.3 is 29.8 Å². The third-order valence-corrected chi connectivity index (χ3v) is 5.12. The molecule has 6 atom stereocenters. The fourth-order valence-electron chi connectivity index (χ4n) is 3.76. The summed E-state index contributed by atoms with van der Waals surface area (Å²) in [6.45, 7) is 4.19. The van der Waals surface area contributed by atoms with E-state index in [2.05, 4.69) is 5.32 Å². The third-order valence-electron chi connectivity index (χ3n) is 5.12. The van der Waals surface area contributed by atoms with Crippen LogP contribution in [0.4, 0.5) is 0 Å². The van der Waals surface area contributed by atoms with Gasteiger partial charge in [-0.05, 0) is 12.0 Å². The van der Waals surface area contributed by atoms with Gasteiger partial charge in [-0.2, -0.15) is 0 Å². The second-order valence-electron chi connectivity index (χ2n) is 8.05. The Morgan fingerprint density at radius 3 is 1.92 bits per heavy atom. The number of benzene rings is 1. The highest BCUT2D eigenvalue weighted by Crippen LogP contribution is 2.29. The van der Waals surface area contributed by atoms with Crippen molar-refractivity contribution in [1.29, 1.82) is 0 Å². The number of nitrogens with one attached hydrogen (secondary N) is 1. The van der Waals surface area contributed by atoms with Crippen LogP contribution in [0.1, 0.15) is 33.3 Å². The number of esters is 5. The molecule has 12 nitrogen and oxygen atoms in total. The van der Waals surface area contributed by atoms with E-state index in [-0.39, 0.29) is 13.0 Å². The Morgan fingerprint density at radius 1 is 0.833 bits per heavy atom. The summed E-state index contributed by atoms with van der Waals surface area (Å²) in [4.78, 5) is 59.8. The monoisotopic (exact) mass is 509 g/mol. The van der Waals surface area contributed by atoms with E-state index in [0.717, 1.165) is 26.3 Å². The molecule has 0 amide bonds. The highest BCUT2D eigenvalue weighted by atomic mass is 16.7. The van der Waals surface area contributed by atoms with Crippen molar-refractivity contribution >= 4 is 29.8 Å². The zero-order chi connectivity index (χ0) is 26.8. The van der Waals surface area contributed by atoms with Crippen LogP contribution in [0.2, 0.25) is 0 Å². The van der Waals surface area contributed by atoms with Gasteiger partial charge in [-0.1, -0.05) is 30.3 Å². The molecule has 1 aromatic carbocycles. The summed E-state index contributed by atoms with van der Waals surface area (Å²) >= 11 is 0. The van der Waals surface area contributed by atoms with Crippen molar-refractivity contribution in [2.75, 3.05) is 13.7 Å². The van der Waals surface area contributed by atoms with E-state index in [4.69, 9.17) is 28.4 Å². The number of hydrogen-bond acceptors (Lipinski definition) is 12. The van der Waals surface area contributed by atoms with Gasteiger partial charge in [0.25, 0.3) is 0 Å². The Labute approximate surface area is 208 Å². The molecule has 36 heavy (non-hydrogen) atoms. The standard InChI is InChI=1S/C24H31NO11/c1-13(26)32-12-19-20(33-14(2)27)21(34-15(3)28)22(35-16(4)29)23(36-19)25-18(24(30)31-5)11-17-9-7-6-8-10-17/h6-10,18-23,25H,11-12H2,1-5H3/t18-,19+,20+,21-,22+,23-/m0/s1. The molecule has 1 aliphatic heterocycles. The van der Waals surface area contributed by atoms with Gasteiger partial charge in [-0.15, -0.1) is 0 Å². The Morgan fingerprint density at radius 2 is 1.39 bits per heavy atom. The molecule has 1 saturated heterocycles. The van der Waals surface area contributed by atoms with Gasteiger partial charge in [0.05, 0.1) is 7.11 Å². The lowest BCUT2D eigenvalue weighted by molar-refractivity contribution is -0.258. The van der Waals surface area contributed by atoms with Gasteiger partial charge < -0.3 is 28.4 Å². The molecule has 0 radical (unpaired) electrons. The van der Waals surface area contributed by atoms with Crippen LogP contribution in [0.3, 0.4) is 0 Å². The quantitative estimate of drug-likeness (QED) is 0.344. The molecule has 0 unspecified atom stereocenters. The van der Waals surface area contributed by atoms with Crippen molar-refractivity contribution in [3.8, 4) is 0 Å². The minimum atomic E-state index is -1.35. The molecular weight excluding hydrogens is 478 g/mol. The summed E-state index contributed by atoms with van der Waals surface area (Å²) in [6.07, 6.45) is -6.19. The van der Waals surface area contributed by atoms with E-state index in [1.165, 1.54) is 14.0 Å². The van der Waals surface area contributed by atoms with Crippen molar-refractivity contribution in [2.45, 2.75) is 70.8 Å². The Kier molecular flexibility index (Phi) is 10.8. The molecule has 0 saturated carbocycles. The first-order valence-corrected chi connectivity index (χ1v) is 11.2. The lowest BCUT2D eigenvalue weighted by atomic mass is 9.96. The lowest BCUT2D eigenvalue weighted by Crippen LogP contribution is -2.67. The predicted molar refractivity (Wildman–Crippen MR) is 121 cm³/mol. The van der Waals surface area contributed by atoms with Crippen molar-refractivity contribution in [3.63, 3.8) is 0 Å². The first-order valence-electron chi connectivity index (χ1n) is 11.2. The molecule has 12 heteroatoms. The largest absolute Gasteiger partial charge is 0.468 e. The molecule has 1 heterocycles. The number of rotatable bonds is 10. The van der Waals surface area contributed by atoms with Crippen LogP contribution in [0, 0.1) is 0 Å². The summed E-state index contributed by atoms with van der Waals surface area (Å²) in [5.74, 6) is -3.50. The molecule has 0 aliphatic carbocycles. The van der Waals surface area contributed by atoms with Gasteiger partial charge in [-0.25, -0.2) is 0 Å². The molecule has 1 N–H and O–H groups in total. The molecule has 0 spiro atoms. The van der Waals surface area contributed by atoms with E-state index in [0.29, 0.717) is 0 Å². The Hall–Kier alpha value is -3.51. The minimum Gasteiger partial charge on any atom is -0.468 e. The molecule has 1 aromatic rings. The SMILES string of the molecule is COC(=O)[C@H](Cc1ccccc1)N[C@H]1O[C@H](COC(C)=O)[C@@H](OC(C)=O)[C@H](OC(C)=O)[C@H]1OC(C)=O. The highest BCUT2D eigenvalue weighted by molar-refractivity contribution is 5.76. The number of methoxy groups -OCH3 is 1. The topological polar surface area (TPSA) is 153 Å². The maximum Gasteiger partial charge on any atom is 0.323 e. The summed E-state index contributed by atoms with van der Waals surface area (Å²) in [5.41, 5.74) is 0.797. The van der Waals surface area contributed by atoms with Crippen LogP contribution >= 0.6 is 0 Å². The number of carbonyl (C=O) groups is 5. The average Bonchev–Trinajstić information content (AvgIpc) is 2.80. The van der Waals surface area contributed by atoms with Gasteiger partial charge in [0, 0.05) is 27.7 Å². The third kappa shape index (κ3) is 8.61. The molecule has 1 fully saturated rings. The summed E-state index contributed by atoms with van der Waals surface area (Å²) < 4.78 is 32.1. The smallest absolute Gasteiger partial charge is 0.323 e. The van der Waals surface area contributed by atoms with E-state index >= 15 is 0 Å². The average molecular weight is 510 g/mol. The maximum atomic E-state index is 12.6. The van der Waals surface area contributed by atoms with Crippen LogP contribution in [0.15, 0.2) is 30.3 Å². The Balaban J connectivity index is 2.47. The molecule has 198 valence electrons. The molecular formula is C24H31NO11. The normalized spacial score (nSPS) is 24.1. The van der Waals surface area contributed by atoms with Gasteiger partial charge in [-0.3, -0.25) is 29.3 Å². The predicted octanol–water partition coefficient (Wildman–Crippen LogP) is 0.443. The fraction of sp³-hybridized carbons (Fsp3) is 0.542. The first-order chi connectivity index (χ1) is 17.0. The van der Waals surface area contributed by atoms with Crippen LogP contribution in [0.5, 0.6) is 0 Å². The second-order valence-corrected chi connectivity index (χ2v) is 8.05.